The Morgan fingerprint density at radius 1 is 0.330 bits per heavy atom. The predicted octanol–water partition coefficient (Wildman–Crippen LogP) is 22.3. The highest BCUT2D eigenvalue weighted by molar-refractivity contribution is 6.23. The molecule has 0 atom stereocenters. The van der Waals surface area contributed by atoms with Gasteiger partial charge in [-0.15, -0.1) is 0 Å². The third kappa shape index (κ3) is 16.7. The molecule has 0 saturated carbocycles. The lowest BCUT2D eigenvalue weighted by molar-refractivity contribution is 0.354. The van der Waals surface area contributed by atoms with Crippen LogP contribution in [0.3, 0.4) is 0 Å². The summed E-state index contributed by atoms with van der Waals surface area (Å²) < 4.78 is 15.1. The molecule has 94 heavy (non-hydrogen) atoms. The van der Waals surface area contributed by atoms with Gasteiger partial charge < -0.3 is 19.9 Å². The van der Waals surface area contributed by atoms with Crippen molar-refractivity contribution >= 4 is 48.8 Å². The Bertz CT molecular complexity index is 4680. The van der Waals surface area contributed by atoms with Crippen molar-refractivity contribution in [2.24, 2.45) is 0 Å². The van der Waals surface area contributed by atoms with Crippen molar-refractivity contribution < 1.29 is 14.2 Å². The quantitative estimate of drug-likeness (QED) is 0.131. The first kappa shape index (κ1) is 65.5. The van der Waals surface area contributed by atoms with Crippen LogP contribution in [0.4, 0.5) is 5.69 Å². The standard InChI is InChI=1S/C22H17N3.C17H12.C14H12.C10H8.C9H12O2.C8H10O.C7H9N/c1-16-8-10-17(11-9-16)18-14-21(19-6-2-4-12-23-19)25-22(15-18)20-7-3-5-13-24-20;1-11-5-6-14-8-7-12-3-2-4-13-9-10-15(11)17(14)16(12)13;1-10-11-6-2-4-8-13(11)14-9-5-3-7-12(10)14;1-2-6-10-8-4-3-7-9(10)5-1;1-7-4-5-8(10-2)9(6-7)11-3;1-7-3-5-8(9-2)6-4-7;1-6-3-2-4-7(8)5-6/h2-15H,1H3;2-10H,1H3;2-10H,1H3;1-8H;4-6H,1-3H3;3-6H,1-2H3;2-5H,8H2,1H3. The fourth-order valence-corrected chi connectivity index (χ4v) is 11.4. The van der Waals surface area contributed by atoms with Gasteiger partial charge in [0.25, 0.3) is 0 Å². The molecule has 0 unspecified atom stereocenters. The minimum absolute atomic E-state index is 0.558. The van der Waals surface area contributed by atoms with Gasteiger partial charge in [0.15, 0.2) is 11.5 Å². The number of hydrogen-bond acceptors (Lipinski definition) is 7. The second-order valence-corrected chi connectivity index (χ2v) is 23.2. The lowest BCUT2D eigenvalue weighted by atomic mass is 9.92. The van der Waals surface area contributed by atoms with Crippen LogP contribution < -0.4 is 19.9 Å². The number of nitrogens with two attached hydrogens (primary N) is 1. The zero-order valence-corrected chi connectivity index (χ0v) is 55.1. The monoisotopic (exact) mass is 1230 g/mol. The Hall–Kier alpha value is -11.4. The Balaban J connectivity index is 0.000000124. The van der Waals surface area contributed by atoms with Crippen molar-refractivity contribution in [1.29, 1.82) is 0 Å². The third-order valence-corrected chi connectivity index (χ3v) is 16.5. The van der Waals surface area contributed by atoms with Gasteiger partial charge in [0, 0.05) is 24.0 Å². The molecule has 0 bridgehead atoms. The van der Waals surface area contributed by atoms with Crippen molar-refractivity contribution in [3.8, 4) is 62.3 Å². The molecule has 0 radical (unpaired) electrons. The van der Waals surface area contributed by atoms with Gasteiger partial charge >= 0.3 is 0 Å². The van der Waals surface area contributed by atoms with E-state index in [1.54, 1.807) is 33.7 Å². The van der Waals surface area contributed by atoms with Crippen LogP contribution in [0.25, 0.3) is 88.1 Å². The van der Waals surface area contributed by atoms with Crippen LogP contribution in [0, 0.1) is 34.6 Å². The van der Waals surface area contributed by atoms with E-state index >= 15 is 0 Å². The van der Waals surface area contributed by atoms with Crippen LogP contribution in [0.15, 0.2) is 304 Å². The molecule has 1 aliphatic rings. The SMILES string of the molecule is CC1c2ccccc2-c2ccccc21.COc1ccc(C)cc1.COc1ccc(C)cc1OC.Cc1ccc(-c2cc(-c3ccccn3)nc(-c3ccccn3)c2)cc1.Cc1ccc2ccc3cccc4ccc1c2c34.Cc1cccc(N)c1.c1ccc2ccccc2c1. The molecule has 15 aromatic rings. The predicted molar refractivity (Wildman–Crippen MR) is 397 cm³/mol. The molecule has 0 fully saturated rings. The average molecular weight is 1230 g/mol. The molecular weight excluding hydrogens is 1150 g/mol. The molecular formula is C87H80N4O3. The molecule has 7 heteroatoms. The second-order valence-electron chi connectivity index (χ2n) is 23.2. The molecule has 0 amide bonds. The highest BCUT2D eigenvalue weighted by atomic mass is 16.5. The van der Waals surface area contributed by atoms with E-state index in [2.05, 4.69) is 226 Å². The van der Waals surface area contributed by atoms with E-state index in [1.807, 2.05) is 117 Å². The maximum atomic E-state index is 5.46. The number of benzene rings is 12. The molecule has 0 saturated heterocycles. The number of aryl methyl sites for hydroxylation is 5. The molecule has 0 spiro atoms. The van der Waals surface area contributed by atoms with Crippen LogP contribution in [-0.2, 0) is 0 Å². The fourth-order valence-electron chi connectivity index (χ4n) is 11.4. The maximum absolute atomic E-state index is 5.46. The highest BCUT2D eigenvalue weighted by Gasteiger charge is 2.24. The first-order valence-electron chi connectivity index (χ1n) is 31.7. The van der Waals surface area contributed by atoms with E-state index in [0.29, 0.717) is 5.92 Å². The van der Waals surface area contributed by atoms with Gasteiger partial charge in [0.2, 0.25) is 0 Å². The molecule has 3 heterocycles. The first-order chi connectivity index (χ1) is 45.9. The summed E-state index contributed by atoms with van der Waals surface area (Å²) in [5.41, 5.74) is 24.0. The number of pyridine rings is 3. The number of ether oxygens (including phenoxy) is 3. The Morgan fingerprint density at radius 2 is 0.787 bits per heavy atom. The van der Waals surface area contributed by atoms with Crippen molar-refractivity contribution in [3.63, 3.8) is 0 Å². The van der Waals surface area contributed by atoms with Crippen molar-refractivity contribution in [1.82, 2.24) is 15.0 Å². The van der Waals surface area contributed by atoms with Crippen molar-refractivity contribution in [2.75, 3.05) is 27.1 Å². The lowest BCUT2D eigenvalue weighted by Gasteiger charge is -2.11. The third-order valence-electron chi connectivity index (χ3n) is 16.5. The molecule has 1 aliphatic carbocycles. The highest BCUT2D eigenvalue weighted by Crippen LogP contribution is 2.44. The minimum atomic E-state index is 0.558. The summed E-state index contributed by atoms with van der Waals surface area (Å²) in [5, 5.41) is 10.8. The molecule has 16 rings (SSSR count). The van der Waals surface area contributed by atoms with E-state index in [1.165, 1.54) is 93.2 Å². The van der Waals surface area contributed by atoms with Crippen LogP contribution >= 0.6 is 0 Å². The zero-order chi connectivity index (χ0) is 65.8. The summed E-state index contributed by atoms with van der Waals surface area (Å²) in [6.07, 6.45) is 3.58. The van der Waals surface area contributed by atoms with Crippen LogP contribution in [0.5, 0.6) is 17.2 Å². The number of aromatic nitrogens is 3. The van der Waals surface area contributed by atoms with Gasteiger partial charge in [-0.3, -0.25) is 9.97 Å². The van der Waals surface area contributed by atoms with Crippen molar-refractivity contribution in [2.45, 2.75) is 47.5 Å². The Morgan fingerprint density at radius 3 is 1.29 bits per heavy atom. The average Bonchev–Trinajstić information content (AvgIpc) is 0.906. The second kappa shape index (κ2) is 32.0. The first-order valence-corrected chi connectivity index (χ1v) is 31.7. The topological polar surface area (TPSA) is 92.4 Å². The number of nitrogen functional groups attached to an aromatic ring is 1. The van der Waals surface area contributed by atoms with E-state index in [4.69, 9.17) is 24.9 Å². The van der Waals surface area contributed by atoms with Crippen LogP contribution in [0.2, 0.25) is 0 Å². The lowest BCUT2D eigenvalue weighted by Crippen LogP contribution is -1.93. The molecule has 12 aromatic carbocycles. The Labute approximate surface area is 554 Å². The molecule has 7 nitrogen and oxygen atoms in total. The molecule has 0 aliphatic heterocycles. The van der Waals surface area contributed by atoms with E-state index in [-0.39, 0.29) is 0 Å². The number of nitrogens with zero attached hydrogens (tertiary/aromatic N) is 3. The van der Waals surface area contributed by atoms with Gasteiger partial charge in [-0.2, -0.15) is 0 Å². The van der Waals surface area contributed by atoms with Gasteiger partial charge in [-0.25, -0.2) is 4.98 Å². The zero-order valence-electron chi connectivity index (χ0n) is 55.1. The van der Waals surface area contributed by atoms with Crippen molar-refractivity contribution in [3.05, 3.63) is 343 Å². The summed E-state index contributed by atoms with van der Waals surface area (Å²) in [4.78, 5) is 13.7. The van der Waals surface area contributed by atoms with Crippen LogP contribution in [-0.4, -0.2) is 36.3 Å². The number of anilines is 1. The summed E-state index contributed by atoms with van der Waals surface area (Å²) in [5.74, 6) is 3.04. The van der Waals surface area contributed by atoms with Gasteiger partial charge in [0.1, 0.15) is 5.75 Å². The molecule has 3 aromatic heterocycles. The van der Waals surface area contributed by atoms with E-state index in [0.717, 1.165) is 56.8 Å². The summed E-state index contributed by atoms with van der Waals surface area (Å²) in [6.45, 7) is 12.7. The summed E-state index contributed by atoms with van der Waals surface area (Å²) in [7, 11) is 4.94. The maximum Gasteiger partial charge on any atom is 0.160 e. The fraction of sp³-hybridized carbons (Fsp3) is 0.115. The Kier molecular flexibility index (Phi) is 22.3. The number of rotatable bonds is 6. The molecule has 2 N–H and O–H groups in total. The smallest absolute Gasteiger partial charge is 0.160 e. The van der Waals surface area contributed by atoms with E-state index < -0.39 is 0 Å². The normalized spacial score (nSPS) is 10.8. The minimum Gasteiger partial charge on any atom is -0.497 e. The van der Waals surface area contributed by atoms with Gasteiger partial charge in [0.05, 0.1) is 44.1 Å². The largest absolute Gasteiger partial charge is 0.497 e. The van der Waals surface area contributed by atoms with E-state index in [9.17, 15) is 0 Å². The number of fused-ring (bicyclic) bond motifs is 4. The molecule has 466 valence electrons. The number of methoxy groups -OCH3 is 3. The van der Waals surface area contributed by atoms with Gasteiger partial charge in [-0.05, 0) is 201 Å². The summed E-state index contributed by atoms with van der Waals surface area (Å²) in [6, 6.07) is 100.0. The van der Waals surface area contributed by atoms with Gasteiger partial charge in [-0.1, -0.05) is 236 Å². The van der Waals surface area contributed by atoms with Crippen LogP contribution in [0.1, 0.15) is 51.8 Å². The number of hydrogen-bond donors (Lipinski definition) is 1. The summed E-state index contributed by atoms with van der Waals surface area (Å²) >= 11 is 0.